The zero-order valence-electron chi connectivity index (χ0n) is 24.3. The number of halogens is 1. The van der Waals surface area contributed by atoms with Gasteiger partial charge in [-0.2, -0.15) is 10.2 Å². The number of alkyl halides is 1. The van der Waals surface area contributed by atoms with Crippen molar-refractivity contribution in [1.82, 2.24) is 30.6 Å². The van der Waals surface area contributed by atoms with Gasteiger partial charge in [0.05, 0.1) is 19.3 Å². The minimum absolute atomic E-state index is 0.0530. The number of hydrogen-bond donors (Lipinski definition) is 3. The van der Waals surface area contributed by atoms with Gasteiger partial charge in [0, 0.05) is 17.3 Å². The Morgan fingerprint density at radius 3 is 2.37 bits per heavy atom. The average Bonchev–Trinajstić information content (AvgIpc) is 3.20. The minimum Gasteiger partial charge on any atom is -0.368 e. The van der Waals surface area contributed by atoms with Crippen molar-refractivity contribution in [3.63, 3.8) is 0 Å². The number of piperidine rings is 1. The Balaban J connectivity index is 1.41. The fourth-order valence-electron chi connectivity index (χ4n) is 6.50. The zero-order valence-corrected chi connectivity index (χ0v) is 24.3. The maximum Gasteiger partial charge on any atom is 0.318 e. The van der Waals surface area contributed by atoms with Crippen molar-refractivity contribution in [3.8, 4) is 0 Å². The first kappa shape index (κ1) is 28.7. The van der Waals surface area contributed by atoms with Crippen LogP contribution in [-0.4, -0.2) is 81.1 Å². The molecule has 41 heavy (non-hydrogen) atoms. The van der Waals surface area contributed by atoms with Gasteiger partial charge in [0.1, 0.15) is 23.4 Å². The number of carbonyl (C=O) groups excluding carboxylic acids is 4. The van der Waals surface area contributed by atoms with E-state index in [2.05, 4.69) is 20.8 Å². The number of nitrogens with two attached hydrogens (primary N) is 1. The lowest BCUT2D eigenvalue weighted by atomic mass is 9.85. The Morgan fingerprint density at radius 1 is 1.10 bits per heavy atom. The summed E-state index contributed by atoms with van der Waals surface area (Å²) >= 11 is 0. The molecule has 3 aliphatic rings. The van der Waals surface area contributed by atoms with Gasteiger partial charge in [-0.3, -0.25) is 14.4 Å². The van der Waals surface area contributed by atoms with Crippen LogP contribution >= 0.6 is 0 Å². The van der Waals surface area contributed by atoms with E-state index < -0.39 is 53.0 Å². The lowest BCUT2D eigenvalue weighted by Gasteiger charge is -2.44. The lowest BCUT2D eigenvalue weighted by Crippen LogP contribution is -2.66. The lowest BCUT2D eigenvalue weighted by molar-refractivity contribution is -0.144. The SMILES string of the molecule is CC1(F)CN(C(=O)NC(C(=O)N2C[C@H]3[C@@H]([C@H]2C(=O)NC(C(N)=O)c2nncc4ccccc24)C3(C)C)C(C)(C)C)C1. The van der Waals surface area contributed by atoms with Crippen LogP contribution in [0.15, 0.2) is 30.5 Å². The minimum atomic E-state index is -1.45. The molecule has 4 N–H and O–H groups in total. The zero-order chi connectivity index (χ0) is 30.1. The maximum absolute atomic E-state index is 14.1. The third-order valence-electron chi connectivity index (χ3n) is 8.91. The van der Waals surface area contributed by atoms with Gasteiger partial charge >= 0.3 is 6.03 Å². The summed E-state index contributed by atoms with van der Waals surface area (Å²) in [6, 6.07) is 3.56. The van der Waals surface area contributed by atoms with Crippen LogP contribution in [0, 0.1) is 22.7 Å². The van der Waals surface area contributed by atoms with Gasteiger partial charge in [-0.1, -0.05) is 58.9 Å². The second-order valence-corrected chi connectivity index (χ2v) is 13.6. The van der Waals surface area contributed by atoms with E-state index in [1.165, 1.54) is 16.7 Å². The van der Waals surface area contributed by atoms with Gasteiger partial charge in [-0.15, -0.1) is 0 Å². The first-order chi connectivity index (χ1) is 19.0. The molecule has 5 rings (SSSR count). The van der Waals surface area contributed by atoms with Crippen LogP contribution in [-0.2, 0) is 14.4 Å². The number of nitrogens with zero attached hydrogens (tertiary/aromatic N) is 4. The molecule has 11 nitrogen and oxygen atoms in total. The number of carbonyl (C=O) groups is 4. The third-order valence-corrected chi connectivity index (χ3v) is 8.91. The topological polar surface area (TPSA) is 151 Å². The molecule has 0 spiro atoms. The van der Waals surface area contributed by atoms with Gasteiger partial charge in [0.25, 0.3) is 0 Å². The van der Waals surface area contributed by atoms with Gasteiger partial charge < -0.3 is 26.2 Å². The van der Waals surface area contributed by atoms with Gasteiger partial charge in [0.15, 0.2) is 6.04 Å². The molecule has 5 amide bonds. The first-order valence-corrected chi connectivity index (χ1v) is 13.9. The number of rotatable bonds is 6. The van der Waals surface area contributed by atoms with Crippen molar-refractivity contribution in [2.45, 2.75) is 65.3 Å². The van der Waals surface area contributed by atoms with Crippen LogP contribution in [0.3, 0.4) is 0 Å². The highest BCUT2D eigenvalue weighted by Gasteiger charge is 2.70. The molecule has 1 aromatic carbocycles. The molecule has 1 aromatic heterocycles. The van der Waals surface area contributed by atoms with Crippen LogP contribution < -0.4 is 16.4 Å². The van der Waals surface area contributed by atoms with E-state index in [1.54, 1.807) is 18.3 Å². The van der Waals surface area contributed by atoms with Crippen molar-refractivity contribution >= 4 is 34.5 Å². The van der Waals surface area contributed by atoms with Crippen LogP contribution in [0.5, 0.6) is 0 Å². The number of aromatic nitrogens is 2. The smallest absolute Gasteiger partial charge is 0.318 e. The fraction of sp³-hybridized carbons (Fsp3) is 0.586. The van der Waals surface area contributed by atoms with E-state index in [0.29, 0.717) is 11.9 Å². The summed E-state index contributed by atoms with van der Waals surface area (Å²) in [6.45, 7) is 11.2. The third kappa shape index (κ3) is 5.08. The number of likely N-dealkylation sites (tertiary alicyclic amines) is 2. The van der Waals surface area contributed by atoms with Crippen molar-refractivity contribution in [1.29, 1.82) is 0 Å². The normalized spacial score (nSPS) is 25.5. The summed E-state index contributed by atoms with van der Waals surface area (Å²) in [4.78, 5) is 56.3. The Kier molecular flexibility index (Phi) is 6.74. The summed E-state index contributed by atoms with van der Waals surface area (Å²) in [6.07, 6.45) is 1.56. The second kappa shape index (κ2) is 9.63. The van der Waals surface area contributed by atoms with Gasteiger partial charge in [0.2, 0.25) is 17.7 Å². The van der Waals surface area contributed by atoms with Crippen LogP contribution in [0.4, 0.5) is 9.18 Å². The van der Waals surface area contributed by atoms with Gasteiger partial charge in [-0.05, 0) is 29.6 Å². The number of hydrogen-bond acceptors (Lipinski definition) is 6. The molecular formula is C29H38FN7O4. The largest absolute Gasteiger partial charge is 0.368 e. The van der Waals surface area contributed by atoms with E-state index in [0.717, 1.165) is 5.39 Å². The molecular weight excluding hydrogens is 529 g/mol. The number of nitrogens with one attached hydrogen (secondary N) is 2. The Morgan fingerprint density at radius 2 is 1.76 bits per heavy atom. The molecule has 0 radical (unpaired) electrons. The molecule has 3 heterocycles. The predicted molar refractivity (Wildman–Crippen MR) is 149 cm³/mol. The monoisotopic (exact) mass is 567 g/mol. The summed E-state index contributed by atoms with van der Waals surface area (Å²) in [5, 5.41) is 15.0. The Bertz CT molecular complexity index is 1410. The van der Waals surface area contributed by atoms with Crippen LogP contribution in [0.25, 0.3) is 10.8 Å². The van der Waals surface area contributed by atoms with Crippen LogP contribution in [0.1, 0.15) is 53.3 Å². The highest BCUT2D eigenvalue weighted by Crippen LogP contribution is 2.65. The van der Waals surface area contributed by atoms with E-state index in [1.807, 2.05) is 46.8 Å². The van der Waals surface area contributed by atoms with E-state index in [4.69, 9.17) is 5.73 Å². The predicted octanol–water partition coefficient (Wildman–Crippen LogP) is 1.92. The van der Waals surface area contributed by atoms with Gasteiger partial charge in [-0.25, -0.2) is 9.18 Å². The first-order valence-electron chi connectivity index (χ1n) is 13.9. The van der Waals surface area contributed by atoms with Crippen molar-refractivity contribution < 1.29 is 23.6 Å². The second-order valence-electron chi connectivity index (χ2n) is 13.6. The van der Waals surface area contributed by atoms with E-state index in [9.17, 15) is 23.6 Å². The highest BCUT2D eigenvalue weighted by molar-refractivity contribution is 5.97. The summed E-state index contributed by atoms with van der Waals surface area (Å²) in [7, 11) is 0. The molecule has 3 fully saturated rings. The van der Waals surface area contributed by atoms with Crippen molar-refractivity contribution in [2.75, 3.05) is 19.6 Å². The summed E-state index contributed by atoms with van der Waals surface area (Å²) in [5.41, 5.74) is 3.63. The fourth-order valence-corrected chi connectivity index (χ4v) is 6.50. The van der Waals surface area contributed by atoms with E-state index >= 15 is 0 Å². The molecule has 2 saturated heterocycles. The number of primary amides is 1. The number of amides is 5. The molecule has 220 valence electrons. The average molecular weight is 568 g/mol. The number of benzene rings is 1. The molecule has 1 saturated carbocycles. The number of fused-ring (bicyclic) bond motifs is 2. The highest BCUT2D eigenvalue weighted by atomic mass is 19.1. The maximum atomic E-state index is 14.1. The molecule has 2 aromatic rings. The van der Waals surface area contributed by atoms with Crippen molar-refractivity contribution in [2.24, 2.45) is 28.4 Å². The Hall–Kier alpha value is -3.83. The van der Waals surface area contributed by atoms with Crippen LogP contribution in [0.2, 0.25) is 0 Å². The van der Waals surface area contributed by atoms with Crippen molar-refractivity contribution in [3.05, 3.63) is 36.2 Å². The Labute approximate surface area is 238 Å². The quantitative estimate of drug-likeness (QED) is 0.485. The standard InChI is InChI=1S/C29H38FN7O4/c1-27(2,3)22(34-26(41)36-13-29(6,30)14-36)25(40)37-12-17-18(28(17,4)5)21(37)24(39)33-20(23(31)38)19-16-10-8-7-9-15(16)11-32-35-19/h7-11,17-18,20-22H,12-14H2,1-6H3,(H2,31,38)(H,33,39)(H,34,41)/t17-,18-,20?,21-,22?/m0/s1. The number of urea groups is 1. The molecule has 1 aliphatic carbocycles. The molecule has 2 aliphatic heterocycles. The molecule has 5 atom stereocenters. The molecule has 12 heteroatoms. The van der Waals surface area contributed by atoms with E-state index in [-0.39, 0.29) is 36.0 Å². The summed E-state index contributed by atoms with van der Waals surface area (Å²) in [5.74, 6) is -1.80. The molecule has 0 bridgehead atoms. The molecule has 2 unspecified atom stereocenters. The summed E-state index contributed by atoms with van der Waals surface area (Å²) < 4.78 is 14.0.